The highest BCUT2D eigenvalue weighted by Crippen LogP contribution is 2.02. The van der Waals surface area contributed by atoms with E-state index in [0.717, 1.165) is 19.5 Å². The number of piperidine rings is 1. The highest BCUT2D eigenvalue weighted by Gasteiger charge is 2.20. The maximum Gasteiger partial charge on any atom is 0.0730 e. The van der Waals surface area contributed by atoms with E-state index in [9.17, 15) is 5.11 Å². The van der Waals surface area contributed by atoms with Gasteiger partial charge >= 0.3 is 0 Å². The van der Waals surface area contributed by atoms with E-state index in [0.29, 0.717) is 0 Å². The minimum Gasteiger partial charge on any atom is -0.391 e. The number of hydrogen-bond donors (Lipinski definition) is 3. The van der Waals surface area contributed by atoms with E-state index in [-0.39, 0.29) is 12.1 Å². The van der Waals surface area contributed by atoms with Crippen LogP contribution in [-0.4, -0.2) is 30.3 Å². The van der Waals surface area contributed by atoms with Gasteiger partial charge in [-0.3, -0.25) is 0 Å². The fraction of sp³-hybridized carbons (Fsp3) is 1.00. The lowest BCUT2D eigenvalue weighted by Crippen LogP contribution is -2.49. The van der Waals surface area contributed by atoms with Gasteiger partial charge in [-0.25, -0.2) is 4.84 Å². The van der Waals surface area contributed by atoms with Crippen molar-refractivity contribution in [3.63, 3.8) is 0 Å². The van der Waals surface area contributed by atoms with Crippen molar-refractivity contribution < 1.29 is 5.11 Å². The Morgan fingerprint density at radius 3 is 2.89 bits per heavy atom. The molecule has 0 amide bonds. The molecule has 0 unspecified atom stereocenters. The lowest BCUT2D eigenvalue weighted by molar-refractivity contribution is 0.110. The van der Waals surface area contributed by atoms with Crippen LogP contribution in [0.1, 0.15) is 6.42 Å². The molecular weight excluding hydrogens is 140 g/mol. The average Bonchev–Trinajstić information content (AvgIpc) is 1.89. The van der Waals surface area contributed by atoms with Crippen LogP contribution < -0.4 is 10.2 Å². The van der Waals surface area contributed by atoms with Crippen LogP contribution >= 0.6 is 11.8 Å². The Morgan fingerprint density at radius 2 is 2.44 bits per heavy atom. The first kappa shape index (κ1) is 7.28. The van der Waals surface area contributed by atoms with Crippen LogP contribution in [0.15, 0.2) is 0 Å². The maximum atomic E-state index is 9.18. The lowest BCUT2D eigenvalue weighted by Gasteiger charge is -2.26. The van der Waals surface area contributed by atoms with Gasteiger partial charge in [-0.15, -0.1) is 0 Å². The summed E-state index contributed by atoms with van der Waals surface area (Å²) in [5.74, 6) is 0. The largest absolute Gasteiger partial charge is 0.391 e. The summed E-state index contributed by atoms with van der Waals surface area (Å²) in [6.45, 7) is 1.64. The third-order valence-electron chi connectivity index (χ3n) is 1.59. The standard InChI is InChI=1S/C5H11ClN2O/c6-8-4-3-7-2-1-5(4)9/h4-5,7-9H,1-3H2/t4-,5-/m0/s1. The smallest absolute Gasteiger partial charge is 0.0730 e. The van der Waals surface area contributed by atoms with Crippen LogP contribution in [0.25, 0.3) is 0 Å². The number of aliphatic hydroxyl groups is 1. The normalized spacial score (nSPS) is 36.7. The SMILES string of the molecule is O[C@H]1CCNC[C@@H]1NCl. The van der Waals surface area contributed by atoms with E-state index in [1.807, 2.05) is 0 Å². The van der Waals surface area contributed by atoms with Crippen molar-refractivity contribution in [2.45, 2.75) is 18.6 Å². The molecule has 0 spiro atoms. The van der Waals surface area contributed by atoms with Gasteiger partial charge in [-0.1, -0.05) is 0 Å². The quantitative estimate of drug-likeness (QED) is 0.440. The number of rotatable bonds is 1. The summed E-state index contributed by atoms with van der Waals surface area (Å²) in [7, 11) is 0. The van der Waals surface area contributed by atoms with Gasteiger partial charge < -0.3 is 10.4 Å². The van der Waals surface area contributed by atoms with Crippen molar-refractivity contribution in [3.05, 3.63) is 0 Å². The van der Waals surface area contributed by atoms with Crippen molar-refractivity contribution in [3.8, 4) is 0 Å². The molecule has 0 aromatic carbocycles. The molecule has 1 aliphatic rings. The Balaban J connectivity index is 2.30. The first-order chi connectivity index (χ1) is 4.34. The van der Waals surface area contributed by atoms with Crippen molar-refractivity contribution in [1.82, 2.24) is 10.2 Å². The summed E-state index contributed by atoms with van der Waals surface area (Å²) in [6.07, 6.45) is 0.494. The van der Waals surface area contributed by atoms with E-state index in [1.54, 1.807) is 0 Å². The molecule has 0 saturated carbocycles. The van der Waals surface area contributed by atoms with Crippen molar-refractivity contribution in [2.75, 3.05) is 13.1 Å². The van der Waals surface area contributed by atoms with Crippen LogP contribution in [0.2, 0.25) is 0 Å². The molecular formula is C5H11ClN2O. The van der Waals surface area contributed by atoms with Crippen LogP contribution in [0.3, 0.4) is 0 Å². The molecule has 3 nitrogen and oxygen atoms in total. The Morgan fingerprint density at radius 1 is 1.67 bits per heavy atom. The molecule has 0 aliphatic carbocycles. The third-order valence-corrected chi connectivity index (χ3v) is 1.87. The van der Waals surface area contributed by atoms with Crippen LogP contribution in [-0.2, 0) is 0 Å². The van der Waals surface area contributed by atoms with E-state index >= 15 is 0 Å². The second kappa shape index (κ2) is 3.37. The Labute approximate surface area is 59.5 Å². The second-order valence-electron chi connectivity index (χ2n) is 2.28. The highest BCUT2D eigenvalue weighted by molar-refractivity contribution is 6.13. The predicted molar refractivity (Wildman–Crippen MR) is 36.3 cm³/mol. The van der Waals surface area contributed by atoms with Gasteiger partial charge in [-0.05, 0) is 24.7 Å². The molecule has 0 radical (unpaired) electrons. The molecule has 0 bridgehead atoms. The third kappa shape index (κ3) is 1.79. The van der Waals surface area contributed by atoms with Crippen LogP contribution in [0.4, 0.5) is 0 Å². The average molecular weight is 151 g/mol. The number of aliphatic hydroxyl groups excluding tert-OH is 1. The van der Waals surface area contributed by atoms with Crippen LogP contribution in [0, 0.1) is 0 Å². The van der Waals surface area contributed by atoms with E-state index in [4.69, 9.17) is 11.8 Å². The Bertz CT molecular complexity index is 91.0. The minimum absolute atomic E-state index is 0.0143. The molecule has 1 fully saturated rings. The zero-order valence-corrected chi connectivity index (χ0v) is 5.86. The maximum absolute atomic E-state index is 9.18. The summed E-state index contributed by atoms with van der Waals surface area (Å²) in [5, 5.41) is 12.3. The van der Waals surface area contributed by atoms with Crippen molar-refractivity contribution in [1.29, 1.82) is 0 Å². The number of nitrogens with one attached hydrogen (secondary N) is 2. The van der Waals surface area contributed by atoms with Gasteiger partial charge in [-0.2, -0.15) is 0 Å². The summed E-state index contributed by atoms with van der Waals surface area (Å²) >= 11 is 5.33. The molecule has 1 rings (SSSR count). The summed E-state index contributed by atoms with van der Waals surface area (Å²) in [5.41, 5.74) is 0. The minimum atomic E-state index is -0.288. The number of halogens is 1. The molecule has 1 heterocycles. The Hall–Kier alpha value is 0.170. The molecule has 4 heteroatoms. The molecule has 3 N–H and O–H groups in total. The van der Waals surface area contributed by atoms with E-state index in [2.05, 4.69) is 10.2 Å². The molecule has 0 aromatic rings. The lowest BCUT2D eigenvalue weighted by atomic mass is 10.1. The Kier molecular flexibility index (Phi) is 2.72. The van der Waals surface area contributed by atoms with Gasteiger partial charge in [0.2, 0.25) is 0 Å². The van der Waals surface area contributed by atoms with Crippen molar-refractivity contribution >= 4 is 11.8 Å². The monoisotopic (exact) mass is 150 g/mol. The number of hydrogen-bond acceptors (Lipinski definition) is 3. The van der Waals surface area contributed by atoms with Gasteiger partial charge in [0.15, 0.2) is 0 Å². The fourth-order valence-electron chi connectivity index (χ4n) is 0.956. The first-order valence-corrected chi connectivity index (χ1v) is 3.47. The summed E-state index contributed by atoms with van der Waals surface area (Å²) in [4.78, 5) is 2.51. The second-order valence-corrected chi connectivity index (χ2v) is 2.49. The summed E-state index contributed by atoms with van der Waals surface area (Å²) < 4.78 is 0. The molecule has 9 heavy (non-hydrogen) atoms. The predicted octanol–water partition coefficient (Wildman–Crippen LogP) is -0.547. The topological polar surface area (TPSA) is 44.3 Å². The van der Waals surface area contributed by atoms with Crippen molar-refractivity contribution in [2.24, 2.45) is 0 Å². The van der Waals surface area contributed by atoms with Gasteiger partial charge in [0.05, 0.1) is 12.1 Å². The zero-order chi connectivity index (χ0) is 6.69. The molecule has 1 aliphatic heterocycles. The van der Waals surface area contributed by atoms with E-state index < -0.39 is 0 Å². The molecule has 1 saturated heterocycles. The molecule has 0 aromatic heterocycles. The van der Waals surface area contributed by atoms with Gasteiger partial charge in [0.25, 0.3) is 0 Å². The zero-order valence-electron chi connectivity index (χ0n) is 5.10. The van der Waals surface area contributed by atoms with Gasteiger partial charge in [0.1, 0.15) is 0 Å². The van der Waals surface area contributed by atoms with Gasteiger partial charge in [0, 0.05) is 6.54 Å². The molecule has 54 valence electrons. The molecule has 2 atom stereocenters. The highest BCUT2D eigenvalue weighted by atomic mass is 35.5. The fourth-order valence-corrected chi connectivity index (χ4v) is 1.18. The first-order valence-electron chi connectivity index (χ1n) is 3.09. The van der Waals surface area contributed by atoms with E-state index in [1.165, 1.54) is 0 Å². The summed E-state index contributed by atoms with van der Waals surface area (Å²) in [6, 6.07) is 0.0143. The van der Waals surface area contributed by atoms with Crippen LogP contribution in [0.5, 0.6) is 0 Å².